The second-order valence-electron chi connectivity index (χ2n) is 4.94. The standard InChI is InChI=1S/C17H20O/c1-3-13(2)12-14-8-10-16(11-9-14)17(18)15-6-4-5-7-15/h4-11,13,18H,3,12H2,1-2H3. The van der Waals surface area contributed by atoms with Gasteiger partial charge in [0.05, 0.1) is 0 Å². The average molecular weight is 240 g/mol. The third-order valence-electron chi connectivity index (χ3n) is 3.44. The Labute approximate surface area is 109 Å². The minimum atomic E-state index is 0.357. The highest BCUT2D eigenvalue weighted by Gasteiger charge is 2.06. The molecule has 18 heavy (non-hydrogen) atoms. The Morgan fingerprint density at radius 3 is 2.28 bits per heavy atom. The van der Waals surface area contributed by atoms with Crippen LogP contribution in [0.25, 0.3) is 5.76 Å². The van der Waals surface area contributed by atoms with Crippen molar-refractivity contribution in [3.8, 4) is 0 Å². The Bertz CT molecular complexity index is 475. The molecule has 0 bridgehead atoms. The number of aliphatic hydroxyl groups is 1. The van der Waals surface area contributed by atoms with Crippen LogP contribution in [0, 0.1) is 5.92 Å². The van der Waals surface area contributed by atoms with Gasteiger partial charge >= 0.3 is 0 Å². The summed E-state index contributed by atoms with van der Waals surface area (Å²) < 4.78 is 0. The summed E-state index contributed by atoms with van der Waals surface area (Å²) in [4.78, 5) is 0. The van der Waals surface area contributed by atoms with Gasteiger partial charge in [-0.25, -0.2) is 0 Å². The van der Waals surface area contributed by atoms with E-state index in [0.29, 0.717) is 11.7 Å². The minimum absolute atomic E-state index is 0.357. The molecule has 2 rings (SSSR count). The van der Waals surface area contributed by atoms with E-state index in [1.807, 2.05) is 36.4 Å². The lowest BCUT2D eigenvalue weighted by Gasteiger charge is -2.09. The molecule has 0 heterocycles. The Kier molecular flexibility index (Phi) is 4.03. The van der Waals surface area contributed by atoms with E-state index in [1.165, 1.54) is 12.0 Å². The van der Waals surface area contributed by atoms with E-state index in [-0.39, 0.29) is 0 Å². The van der Waals surface area contributed by atoms with Crippen molar-refractivity contribution in [3.63, 3.8) is 0 Å². The van der Waals surface area contributed by atoms with E-state index in [9.17, 15) is 5.11 Å². The Morgan fingerprint density at radius 2 is 1.72 bits per heavy atom. The van der Waals surface area contributed by atoms with Crippen molar-refractivity contribution in [3.05, 3.63) is 65.3 Å². The Balaban J connectivity index is 2.15. The maximum Gasteiger partial charge on any atom is 0.130 e. The van der Waals surface area contributed by atoms with Gasteiger partial charge in [0.2, 0.25) is 0 Å². The number of allylic oxidation sites excluding steroid dienone is 5. The van der Waals surface area contributed by atoms with Crippen LogP contribution in [0.15, 0.2) is 54.1 Å². The average Bonchev–Trinajstić information content (AvgIpc) is 2.92. The topological polar surface area (TPSA) is 20.2 Å². The first-order valence-electron chi connectivity index (χ1n) is 6.58. The highest BCUT2D eigenvalue weighted by atomic mass is 16.3. The molecule has 1 N–H and O–H groups in total. The van der Waals surface area contributed by atoms with Crippen molar-refractivity contribution in [2.24, 2.45) is 5.92 Å². The summed E-state index contributed by atoms with van der Waals surface area (Å²) >= 11 is 0. The molecular formula is C17H20O. The van der Waals surface area contributed by atoms with Gasteiger partial charge in [0, 0.05) is 11.1 Å². The third-order valence-corrected chi connectivity index (χ3v) is 3.44. The zero-order valence-electron chi connectivity index (χ0n) is 11.1. The predicted molar refractivity (Wildman–Crippen MR) is 77.4 cm³/mol. The van der Waals surface area contributed by atoms with Crippen LogP contribution in [0.5, 0.6) is 0 Å². The SMILES string of the molecule is CCC(C)Cc1ccc(C(O)=C2C=CC=C2)cc1. The predicted octanol–water partition coefficient (Wildman–Crippen LogP) is 4.67. The number of benzene rings is 1. The van der Waals surface area contributed by atoms with E-state index in [4.69, 9.17) is 0 Å². The summed E-state index contributed by atoms with van der Waals surface area (Å²) in [5.41, 5.74) is 3.10. The zero-order chi connectivity index (χ0) is 13.0. The molecule has 0 aliphatic heterocycles. The van der Waals surface area contributed by atoms with Gasteiger partial charge in [-0.15, -0.1) is 0 Å². The first kappa shape index (κ1) is 12.7. The van der Waals surface area contributed by atoms with Crippen molar-refractivity contribution in [1.29, 1.82) is 0 Å². The summed E-state index contributed by atoms with van der Waals surface area (Å²) in [5.74, 6) is 1.07. The fourth-order valence-electron chi connectivity index (χ4n) is 2.04. The van der Waals surface area contributed by atoms with Crippen molar-refractivity contribution < 1.29 is 5.11 Å². The van der Waals surface area contributed by atoms with E-state index < -0.39 is 0 Å². The summed E-state index contributed by atoms with van der Waals surface area (Å²) in [5, 5.41) is 10.1. The maximum absolute atomic E-state index is 10.1. The highest BCUT2D eigenvalue weighted by molar-refractivity contribution is 5.69. The van der Waals surface area contributed by atoms with Crippen LogP contribution in [0.2, 0.25) is 0 Å². The minimum Gasteiger partial charge on any atom is -0.507 e. The molecule has 0 saturated carbocycles. The van der Waals surface area contributed by atoms with Gasteiger partial charge < -0.3 is 5.11 Å². The van der Waals surface area contributed by atoms with Crippen LogP contribution in [0.1, 0.15) is 31.4 Å². The second kappa shape index (κ2) is 5.72. The largest absolute Gasteiger partial charge is 0.507 e. The summed E-state index contributed by atoms with van der Waals surface area (Å²) in [7, 11) is 0. The monoisotopic (exact) mass is 240 g/mol. The number of rotatable bonds is 4. The molecule has 0 aromatic heterocycles. The van der Waals surface area contributed by atoms with Gasteiger partial charge in [0.25, 0.3) is 0 Å². The molecule has 1 unspecified atom stereocenters. The van der Waals surface area contributed by atoms with Crippen molar-refractivity contribution in [2.45, 2.75) is 26.7 Å². The molecular weight excluding hydrogens is 220 g/mol. The van der Waals surface area contributed by atoms with Crippen molar-refractivity contribution in [2.75, 3.05) is 0 Å². The summed E-state index contributed by atoms with van der Waals surface area (Å²) in [6, 6.07) is 8.22. The zero-order valence-corrected chi connectivity index (χ0v) is 11.1. The van der Waals surface area contributed by atoms with Crippen LogP contribution in [0.3, 0.4) is 0 Å². The fourth-order valence-corrected chi connectivity index (χ4v) is 2.04. The van der Waals surface area contributed by atoms with Crippen LogP contribution in [-0.4, -0.2) is 5.11 Å². The van der Waals surface area contributed by atoms with E-state index in [2.05, 4.69) is 26.0 Å². The molecule has 1 aliphatic rings. The number of hydrogen-bond acceptors (Lipinski definition) is 1. The number of aliphatic hydroxyl groups excluding tert-OH is 1. The van der Waals surface area contributed by atoms with Gasteiger partial charge in [-0.1, -0.05) is 68.8 Å². The Morgan fingerprint density at radius 1 is 1.11 bits per heavy atom. The first-order chi connectivity index (χ1) is 8.70. The quantitative estimate of drug-likeness (QED) is 0.758. The fraction of sp³-hybridized carbons (Fsp3) is 0.294. The molecule has 0 spiro atoms. The van der Waals surface area contributed by atoms with E-state index in [1.54, 1.807) is 0 Å². The van der Waals surface area contributed by atoms with Crippen molar-refractivity contribution >= 4 is 5.76 Å². The third kappa shape index (κ3) is 2.92. The van der Waals surface area contributed by atoms with Gasteiger partial charge in [0.1, 0.15) is 5.76 Å². The van der Waals surface area contributed by atoms with Crippen LogP contribution in [0.4, 0.5) is 0 Å². The van der Waals surface area contributed by atoms with Gasteiger partial charge in [-0.3, -0.25) is 0 Å². The lowest BCUT2D eigenvalue weighted by atomic mass is 9.97. The first-order valence-corrected chi connectivity index (χ1v) is 6.58. The summed E-state index contributed by atoms with van der Waals surface area (Å²) in [6.45, 7) is 4.48. The molecule has 1 atom stereocenters. The maximum atomic E-state index is 10.1. The molecule has 0 saturated heterocycles. The van der Waals surface area contributed by atoms with Crippen LogP contribution < -0.4 is 0 Å². The molecule has 0 amide bonds. The number of hydrogen-bond donors (Lipinski definition) is 1. The second-order valence-corrected chi connectivity index (χ2v) is 4.94. The molecule has 1 nitrogen and oxygen atoms in total. The van der Waals surface area contributed by atoms with Gasteiger partial charge in [-0.05, 0) is 17.9 Å². The molecule has 0 radical (unpaired) electrons. The lowest BCUT2D eigenvalue weighted by Crippen LogP contribution is -1.97. The molecule has 1 aromatic carbocycles. The van der Waals surface area contributed by atoms with Crippen LogP contribution in [-0.2, 0) is 6.42 Å². The van der Waals surface area contributed by atoms with Crippen LogP contribution >= 0.6 is 0 Å². The van der Waals surface area contributed by atoms with E-state index in [0.717, 1.165) is 17.6 Å². The highest BCUT2D eigenvalue weighted by Crippen LogP contribution is 2.22. The molecule has 1 heteroatoms. The Hall–Kier alpha value is -1.76. The normalized spacial score (nSPS) is 15.1. The molecule has 0 fully saturated rings. The molecule has 1 aromatic rings. The van der Waals surface area contributed by atoms with Gasteiger partial charge in [0.15, 0.2) is 0 Å². The van der Waals surface area contributed by atoms with E-state index >= 15 is 0 Å². The lowest BCUT2D eigenvalue weighted by molar-refractivity contribution is 0.509. The smallest absolute Gasteiger partial charge is 0.130 e. The van der Waals surface area contributed by atoms with Crippen molar-refractivity contribution in [1.82, 2.24) is 0 Å². The molecule has 94 valence electrons. The van der Waals surface area contributed by atoms with Gasteiger partial charge in [-0.2, -0.15) is 0 Å². The summed E-state index contributed by atoms with van der Waals surface area (Å²) in [6.07, 6.45) is 10.0. The molecule has 1 aliphatic carbocycles.